The molecule has 0 unspecified atom stereocenters. The van der Waals surface area contributed by atoms with Gasteiger partial charge in [-0.15, -0.1) is 0 Å². The third-order valence-electron chi connectivity index (χ3n) is 1.95. The topological polar surface area (TPSA) is 32.3 Å². The fourth-order valence-corrected chi connectivity index (χ4v) is 0.987. The summed E-state index contributed by atoms with van der Waals surface area (Å²) >= 11 is 0. The SMILES string of the molecule is CC.CCN(C)CCNC(=O)CC(C)C. The summed E-state index contributed by atoms with van der Waals surface area (Å²) in [4.78, 5) is 13.4. The Bertz CT molecular complexity index is 147. The third kappa shape index (κ3) is 13.4. The molecule has 0 aliphatic rings. The number of nitrogens with zero attached hydrogens (tertiary/aromatic N) is 1. The van der Waals surface area contributed by atoms with E-state index in [1.165, 1.54) is 0 Å². The first kappa shape index (κ1) is 16.8. The van der Waals surface area contributed by atoms with E-state index in [0.717, 1.165) is 19.6 Å². The molecule has 1 N–H and O–H groups in total. The number of carbonyl (C=O) groups excluding carboxylic acids is 1. The summed E-state index contributed by atoms with van der Waals surface area (Å²) in [5.41, 5.74) is 0. The van der Waals surface area contributed by atoms with Crippen molar-refractivity contribution in [3.63, 3.8) is 0 Å². The Balaban J connectivity index is 0. The number of amides is 1. The maximum Gasteiger partial charge on any atom is 0.220 e. The van der Waals surface area contributed by atoms with Crippen molar-refractivity contribution in [1.29, 1.82) is 0 Å². The number of hydrogen-bond donors (Lipinski definition) is 1. The van der Waals surface area contributed by atoms with Gasteiger partial charge in [-0.1, -0.05) is 34.6 Å². The molecule has 0 saturated carbocycles. The second kappa shape index (κ2) is 11.5. The van der Waals surface area contributed by atoms with Crippen LogP contribution in [0.25, 0.3) is 0 Å². The zero-order chi connectivity index (χ0) is 12.3. The van der Waals surface area contributed by atoms with E-state index in [4.69, 9.17) is 0 Å². The quantitative estimate of drug-likeness (QED) is 0.737. The van der Waals surface area contributed by atoms with E-state index in [0.29, 0.717) is 12.3 Å². The van der Waals surface area contributed by atoms with Crippen LogP contribution in [0.2, 0.25) is 0 Å². The van der Waals surface area contributed by atoms with Crippen LogP contribution >= 0.6 is 0 Å². The maximum absolute atomic E-state index is 11.2. The van der Waals surface area contributed by atoms with Gasteiger partial charge in [-0.2, -0.15) is 0 Å². The molecule has 0 aliphatic heterocycles. The van der Waals surface area contributed by atoms with E-state index in [1.54, 1.807) is 0 Å². The molecule has 1 amide bonds. The fourth-order valence-electron chi connectivity index (χ4n) is 0.987. The second-order valence-electron chi connectivity index (χ2n) is 3.84. The maximum atomic E-state index is 11.2. The van der Waals surface area contributed by atoms with E-state index in [1.807, 2.05) is 13.8 Å². The van der Waals surface area contributed by atoms with Crippen LogP contribution in [-0.4, -0.2) is 37.5 Å². The lowest BCUT2D eigenvalue weighted by Crippen LogP contribution is -2.33. The summed E-state index contributed by atoms with van der Waals surface area (Å²) in [7, 11) is 2.05. The van der Waals surface area contributed by atoms with Crippen LogP contribution in [0.3, 0.4) is 0 Å². The summed E-state index contributed by atoms with van der Waals surface area (Å²) in [5, 5.41) is 2.90. The minimum atomic E-state index is 0.166. The molecule has 3 heteroatoms. The van der Waals surface area contributed by atoms with Crippen molar-refractivity contribution >= 4 is 5.91 Å². The molecule has 15 heavy (non-hydrogen) atoms. The summed E-state index contributed by atoms with van der Waals surface area (Å²) in [5.74, 6) is 0.614. The number of nitrogens with one attached hydrogen (secondary N) is 1. The number of likely N-dealkylation sites (N-methyl/N-ethyl adjacent to an activating group) is 1. The Kier molecular flexibility index (Phi) is 12.9. The van der Waals surface area contributed by atoms with Gasteiger partial charge in [-0.25, -0.2) is 0 Å². The van der Waals surface area contributed by atoms with Gasteiger partial charge in [0.1, 0.15) is 0 Å². The molecule has 92 valence electrons. The number of rotatable bonds is 6. The highest BCUT2D eigenvalue weighted by molar-refractivity contribution is 5.75. The van der Waals surface area contributed by atoms with Crippen LogP contribution in [-0.2, 0) is 4.79 Å². The minimum absolute atomic E-state index is 0.166. The van der Waals surface area contributed by atoms with Gasteiger partial charge in [0.2, 0.25) is 5.91 Å². The molecule has 0 heterocycles. The Morgan fingerprint density at radius 2 is 1.87 bits per heavy atom. The summed E-state index contributed by atoms with van der Waals surface area (Å²) in [6.07, 6.45) is 0.635. The minimum Gasteiger partial charge on any atom is -0.355 e. The summed E-state index contributed by atoms with van der Waals surface area (Å²) < 4.78 is 0. The van der Waals surface area contributed by atoms with Crippen molar-refractivity contribution in [3.8, 4) is 0 Å². The highest BCUT2D eigenvalue weighted by atomic mass is 16.1. The molecule has 0 aromatic carbocycles. The van der Waals surface area contributed by atoms with Crippen molar-refractivity contribution in [2.75, 3.05) is 26.7 Å². The van der Waals surface area contributed by atoms with Gasteiger partial charge < -0.3 is 10.2 Å². The summed E-state index contributed by atoms with van der Waals surface area (Å²) in [6.45, 7) is 12.9. The van der Waals surface area contributed by atoms with Crippen LogP contribution in [0.1, 0.15) is 41.0 Å². The van der Waals surface area contributed by atoms with Gasteiger partial charge in [0, 0.05) is 19.5 Å². The average molecular weight is 216 g/mol. The molecule has 0 bridgehead atoms. The van der Waals surface area contributed by atoms with Crippen LogP contribution < -0.4 is 5.32 Å². The van der Waals surface area contributed by atoms with E-state index < -0.39 is 0 Å². The first-order valence-corrected chi connectivity index (χ1v) is 6.01. The lowest BCUT2D eigenvalue weighted by atomic mass is 10.1. The standard InChI is InChI=1S/C10H22N2O.C2H6/c1-5-12(4)7-6-11-10(13)8-9(2)3;1-2/h9H,5-8H2,1-4H3,(H,11,13);1-2H3. The lowest BCUT2D eigenvalue weighted by molar-refractivity contribution is -0.121. The largest absolute Gasteiger partial charge is 0.355 e. The van der Waals surface area contributed by atoms with Crippen molar-refractivity contribution in [2.24, 2.45) is 5.92 Å². The first-order valence-electron chi connectivity index (χ1n) is 6.01. The first-order chi connectivity index (χ1) is 7.06. The van der Waals surface area contributed by atoms with E-state index in [-0.39, 0.29) is 5.91 Å². The van der Waals surface area contributed by atoms with Gasteiger partial charge in [-0.3, -0.25) is 4.79 Å². The second-order valence-corrected chi connectivity index (χ2v) is 3.84. The van der Waals surface area contributed by atoms with Crippen molar-refractivity contribution in [3.05, 3.63) is 0 Å². The Morgan fingerprint density at radius 3 is 2.27 bits per heavy atom. The monoisotopic (exact) mass is 216 g/mol. The van der Waals surface area contributed by atoms with Crippen molar-refractivity contribution in [2.45, 2.75) is 41.0 Å². The van der Waals surface area contributed by atoms with Gasteiger partial charge in [0.05, 0.1) is 0 Å². The Labute approximate surface area is 95.2 Å². The van der Waals surface area contributed by atoms with Crippen molar-refractivity contribution < 1.29 is 4.79 Å². The fraction of sp³-hybridized carbons (Fsp3) is 0.917. The van der Waals surface area contributed by atoms with Gasteiger partial charge in [0.25, 0.3) is 0 Å². The predicted molar refractivity (Wildman–Crippen MR) is 67.0 cm³/mol. The lowest BCUT2D eigenvalue weighted by Gasteiger charge is -2.14. The molecule has 3 nitrogen and oxygen atoms in total. The van der Waals surface area contributed by atoms with E-state index >= 15 is 0 Å². The Morgan fingerprint density at radius 1 is 1.33 bits per heavy atom. The molecule has 0 aromatic rings. The smallest absolute Gasteiger partial charge is 0.220 e. The number of hydrogen-bond acceptors (Lipinski definition) is 2. The van der Waals surface area contributed by atoms with E-state index in [9.17, 15) is 4.79 Å². The third-order valence-corrected chi connectivity index (χ3v) is 1.95. The molecule has 0 fully saturated rings. The van der Waals surface area contributed by atoms with Gasteiger partial charge in [-0.05, 0) is 19.5 Å². The van der Waals surface area contributed by atoms with Gasteiger partial charge >= 0.3 is 0 Å². The highest BCUT2D eigenvalue weighted by Gasteiger charge is 2.03. The molecule has 0 rings (SSSR count). The molecular formula is C12H28N2O. The average Bonchev–Trinajstić information content (AvgIpc) is 2.19. The Hall–Kier alpha value is -0.570. The highest BCUT2D eigenvalue weighted by Crippen LogP contribution is 1.97. The molecule has 0 aromatic heterocycles. The normalized spacial score (nSPS) is 9.87. The van der Waals surface area contributed by atoms with Crippen LogP contribution in [0.4, 0.5) is 0 Å². The molecule has 0 radical (unpaired) electrons. The predicted octanol–water partition coefficient (Wildman–Crippen LogP) is 2.13. The van der Waals surface area contributed by atoms with Crippen LogP contribution in [0, 0.1) is 5.92 Å². The van der Waals surface area contributed by atoms with Crippen molar-refractivity contribution in [1.82, 2.24) is 10.2 Å². The van der Waals surface area contributed by atoms with Crippen LogP contribution in [0.5, 0.6) is 0 Å². The van der Waals surface area contributed by atoms with Crippen LogP contribution in [0.15, 0.2) is 0 Å². The summed E-state index contributed by atoms with van der Waals surface area (Å²) in [6, 6.07) is 0. The molecular weight excluding hydrogens is 188 g/mol. The molecule has 0 saturated heterocycles. The number of carbonyl (C=O) groups is 1. The molecule has 0 spiro atoms. The van der Waals surface area contributed by atoms with E-state index in [2.05, 4.69) is 38.0 Å². The molecule has 0 atom stereocenters. The molecule has 0 aliphatic carbocycles. The zero-order valence-corrected chi connectivity index (χ0v) is 11.3. The zero-order valence-electron chi connectivity index (χ0n) is 11.3. The van der Waals surface area contributed by atoms with Gasteiger partial charge in [0.15, 0.2) is 0 Å².